The minimum absolute atomic E-state index is 0.0137. The number of anilines is 1. The van der Waals surface area contributed by atoms with Crippen molar-refractivity contribution in [2.45, 2.75) is 39.1 Å². The Hall–Kier alpha value is -6.05. The molecular weight excluding hydrogens is 624 g/mol. The first-order valence-electron chi connectivity index (χ1n) is 16.4. The molecule has 0 aliphatic carbocycles. The Morgan fingerprint density at radius 1 is 0.898 bits per heavy atom. The van der Waals surface area contributed by atoms with E-state index in [1.54, 1.807) is 29.1 Å². The lowest BCUT2D eigenvalue weighted by Gasteiger charge is -2.35. The number of aryl methyl sites for hydroxylation is 1. The number of imidazole rings is 1. The molecule has 0 radical (unpaired) electrons. The van der Waals surface area contributed by atoms with Crippen molar-refractivity contribution in [2.75, 3.05) is 31.1 Å². The highest BCUT2D eigenvalue weighted by molar-refractivity contribution is 5.97. The van der Waals surface area contributed by atoms with Crippen molar-refractivity contribution in [3.05, 3.63) is 123 Å². The van der Waals surface area contributed by atoms with E-state index in [2.05, 4.69) is 50.1 Å². The van der Waals surface area contributed by atoms with Gasteiger partial charge in [-0.05, 0) is 36.6 Å². The zero-order chi connectivity index (χ0) is 33.3. The monoisotopic (exact) mass is 658 g/mol. The molecule has 3 aromatic heterocycles. The van der Waals surface area contributed by atoms with Crippen LogP contribution in [0, 0.1) is 10.1 Å². The van der Waals surface area contributed by atoms with Crippen molar-refractivity contribution in [2.24, 2.45) is 0 Å². The molecule has 14 heteroatoms. The number of carbonyl (C=O) groups is 1. The van der Waals surface area contributed by atoms with Crippen molar-refractivity contribution in [1.82, 2.24) is 39.2 Å². The van der Waals surface area contributed by atoms with Crippen LogP contribution in [0.3, 0.4) is 0 Å². The lowest BCUT2D eigenvalue weighted by Crippen LogP contribution is -2.49. The summed E-state index contributed by atoms with van der Waals surface area (Å²) in [5.41, 5.74) is 5.91. The molecule has 1 fully saturated rings. The Morgan fingerprint density at radius 3 is 2.51 bits per heavy atom. The normalized spacial score (nSPS) is 14.4. The fourth-order valence-electron chi connectivity index (χ4n) is 6.76. The Balaban J connectivity index is 0.974. The molecule has 3 aromatic carbocycles. The lowest BCUT2D eigenvalue weighted by atomic mass is 10.1. The Labute approximate surface area is 281 Å². The number of para-hydroxylation sites is 4. The van der Waals surface area contributed by atoms with Crippen molar-refractivity contribution in [3.8, 4) is 5.75 Å². The van der Waals surface area contributed by atoms with Crippen LogP contribution in [0.1, 0.15) is 39.4 Å². The maximum absolute atomic E-state index is 14.2. The summed E-state index contributed by atoms with van der Waals surface area (Å²) in [5.74, 6) is 1.06. The van der Waals surface area contributed by atoms with Crippen LogP contribution in [0.2, 0.25) is 0 Å². The highest BCUT2D eigenvalue weighted by atomic mass is 16.6. The smallest absolute Gasteiger partial charge is 0.310 e. The first-order valence-corrected chi connectivity index (χ1v) is 16.4. The number of carbonyl (C=O) groups excluding carboxylic acids is 1. The number of amides is 1. The van der Waals surface area contributed by atoms with Crippen LogP contribution in [-0.2, 0) is 32.7 Å². The Morgan fingerprint density at radius 2 is 1.67 bits per heavy atom. The van der Waals surface area contributed by atoms with E-state index in [1.165, 1.54) is 11.6 Å². The number of aromatic nitrogens is 7. The highest BCUT2D eigenvalue weighted by Crippen LogP contribution is 2.29. The Bertz CT molecular complexity index is 2150. The van der Waals surface area contributed by atoms with Gasteiger partial charge in [-0.2, -0.15) is 5.10 Å². The minimum atomic E-state index is -0.481. The van der Waals surface area contributed by atoms with Gasteiger partial charge in [0.2, 0.25) is 5.95 Å². The second-order valence-corrected chi connectivity index (χ2v) is 12.3. The average molecular weight is 659 g/mol. The van der Waals surface area contributed by atoms with Gasteiger partial charge in [-0.15, -0.1) is 5.10 Å². The van der Waals surface area contributed by atoms with E-state index in [-0.39, 0.29) is 30.5 Å². The molecule has 2 aliphatic rings. The molecule has 0 N–H and O–H groups in total. The summed E-state index contributed by atoms with van der Waals surface area (Å²) in [7, 11) is 0. The Kier molecular flexibility index (Phi) is 7.95. The molecule has 1 amide bonds. The van der Waals surface area contributed by atoms with Gasteiger partial charge >= 0.3 is 5.69 Å². The first kappa shape index (κ1) is 30.3. The number of rotatable bonds is 10. The highest BCUT2D eigenvalue weighted by Gasteiger charge is 2.32. The molecule has 2 aliphatic heterocycles. The van der Waals surface area contributed by atoms with E-state index in [0.717, 1.165) is 42.1 Å². The molecule has 0 atom stereocenters. The van der Waals surface area contributed by atoms with Gasteiger partial charge < -0.3 is 19.1 Å². The van der Waals surface area contributed by atoms with Crippen molar-refractivity contribution in [3.63, 3.8) is 0 Å². The second-order valence-electron chi connectivity index (χ2n) is 12.3. The van der Waals surface area contributed by atoms with Crippen molar-refractivity contribution < 1.29 is 14.5 Å². The van der Waals surface area contributed by atoms with Crippen LogP contribution in [0.25, 0.3) is 11.0 Å². The number of hydrogen-bond acceptors (Lipinski definition) is 9. The summed E-state index contributed by atoms with van der Waals surface area (Å²) >= 11 is 0. The molecule has 0 spiro atoms. The van der Waals surface area contributed by atoms with Gasteiger partial charge in [-0.3, -0.25) is 19.6 Å². The fraction of sp³-hybridized carbons (Fsp3) is 0.286. The van der Waals surface area contributed by atoms with E-state index in [1.807, 2.05) is 33.8 Å². The maximum Gasteiger partial charge on any atom is 0.310 e. The van der Waals surface area contributed by atoms with Gasteiger partial charge in [0, 0.05) is 38.8 Å². The number of nitro benzene ring substituents is 1. The van der Waals surface area contributed by atoms with Crippen LogP contribution in [0.5, 0.6) is 5.75 Å². The van der Waals surface area contributed by atoms with Crippen LogP contribution >= 0.6 is 0 Å². The topological polar surface area (TPSA) is 142 Å². The van der Waals surface area contributed by atoms with Crippen LogP contribution < -0.4 is 9.64 Å². The molecule has 5 heterocycles. The zero-order valence-electron chi connectivity index (χ0n) is 26.8. The maximum atomic E-state index is 14.2. The summed E-state index contributed by atoms with van der Waals surface area (Å²) in [6.45, 7) is 4.21. The summed E-state index contributed by atoms with van der Waals surface area (Å²) in [6, 6.07) is 24.8. The second kappa shape index (κ2) is 12.9. The average Bonchev–Trinajstić information content (AvgIpc) is 3.92. The van der Waals surface area contributed by atoms with Gasteiger partial charge in [0.15, 0.2) is 5.75 Å². The standard InChI is InChI=1S/C35H34N10O4/c46-34(40-17-19-41(20-18-40)35-36-27-11-4-5-12-29(27)43(35)21-25-9-2-1-3-10-25)33-28(38-44-16-8-14-31(33)44)23-42-22-26(37-39-42)24-49-32-15-7-6-13-30(32)45(47)48/h1-7,9-13,15,22H,8,14,16-21,23-24H2. The minimum Gasteiger partial charge on any atom is -0.480 e. The fourth-order valence-corrected chi connectivity index (χ4v) is 6.76. The predicted octanol–water partition coefficient (Wildman–Crippen LogP) is 4.32. The predicted molar refractivity (Wildman–Crippen MR) is 180 cm³/mol. The number of ether oxygens (including phenoxy) is 1. The third-order valence-electron chi connectivity index (χ3n) is 9.13. The lowest BCUT2D eigenvalue weighted by molar-refractivity contribution is -0.385. The van der Waals surface area contributed by atoms with Crippen molar-refractivity contribution >= 4 is 28.6 Å². The molecule has 0 unspecified atom stereocenters. The largest absolute Gasteiger partial charge is 0.480 e. The molecule has 248 valence electrons. The molecule has 0 saturated carbocycles. The quantitative estimate of drug-likeness (QED) is 0.155. The summed E-state index contributed by atoms with van der Waals surface area (Å²) in [6.07, 6.45) is 3.46. The summed E-state index contributed by atoms with van der Waals surface area (Å²) < 4.78 is 11.5. The van der Waals surface area contributed by atoms with E-state index >= 15 is 0 Å². The van der Waals surface area contributed by atoms with Crippen molar-refractivity contribution in [1.29, 1.82) is 0 Å². The molecule has 8 rings (SSSR count). The van der Waals surface area contributed by atoms with Gasteiger partial charge in [0.25, 0.3) is 5.91 Å². The number of fused-ring (bicyclic) bond motifs is 2. The molecule has 6 aromatic rings. The number of piperazine rings is 1. The van der Waals surface area contributed by atoms with E-state index in [4.69, 9.17) is 14.8 Å². The van der Waals surface area contributed by atoms with Crippen LogP contribution in [0.15, 0.2) is 85.1 Å². The van der Waals surface area contributed by atoms with E-state index in [0.29, 0.717) is 49.7 Å². The number of benzene rings is 3. The molecule has 1 saturated heterocycles. The van der Waals surface area contributed by atoms with E-state index < -0.39 is 4.92 Å². The zero-order valence-corrected chi connectivity index (χ0v) is 26.8. The van der Waals surface area contributed by atoms with Gasteiger partial charge in [0.05, 0.1) is 52.2 Å². The third kappa shape index (κ3) is 5.96. The molecular formula is C35H34N10O4. The number of nitro groups is 1. The SMILES string of the molecule is O=C(c1c(Cn2cc(COc3ccccc3[N+](=O)[O-])nn2)nn2c1CCC2)N1CCN(c2nc3ccccc3n2Cc2ccccc2)CC1. The van der Waals surface area contributed by atoms with Gasteiger partial charge in [0.1, 0.15) is 12.3 Å². The summed E-state index contributed by atoms with van der Waals surface area (Å²) in [5, 5.41) is 24.6. The third-order valence-corrected chi connectivity index (χ3v) is 9.13. The molecule has 49 heavy (non-hydrogen) atoms. The van der Waals surface area contributed by atoms with Crippen LogP contribution in [-0.4, -0.2) is 76.2 Å². The van der Waals surface area contributed by atoms with Gasteiger partial charge in [-0.25, -0.2) is 9.67 Å². The van der Waals surface area contributed by atoms with Gasteiger partial charge in [-0.1, -0.05) is 59.8 Å². The molecule has 0 bridgehead atoms. The van der Waals surface area contributed by atoms with E-state index in [9.17, 15) is 14.9 Å². The molecule has 14 nitrogen and oxygen atoms in total. The number of nitrogens with zero attached hydrogens (tertiary/aromatic N) is 10. The van der Waals surface area contributed by atoms with Crippen LogP contribution in [0.4, 0.5) is 11.6 Å². The number of hydrogen-bond donors (Lipinski definition) is 0. The summed E-state index contributed by atoms with van der Waals surface area (Å²) in [4.78, 5) is 34.3. The first-order chi connectivity index (χ1) is 24.0.